The van der Waals surface area contributed by atoms with Crippen LogP contribution in [0.3, 0.4) is 0 Å². The van der Waals surface area contributed by atoms with Gasteiger partial charge in [-0.2, -0.15) is 0 Å². The van der Waals surface area contributed by atoms with E-state index in [9.17, 15) is 9.59 Å². The highest BCUT2D eigenvalue weighted by molar-refractivity contribution is 8.00. The summed E-state index contributed by atoms with van der Waals surface area (Å²) < 4.78 is 0. The quantitative estimate of drug-likeness (QED) is 0.605. The summed E-state index contributed by atoms with van der Waals surface area (Å²) in [4.78, 5) is 25.9. The Bertz CT molecular complexity index is 552. The van der Waals surface area contributed by atoms with E-state index >= 15 is 0 Å². The number of amides is 3. The lowest BCUT2D eigenvalue weighted by atomic mass is 10.2. The Hall–Kier alpha value is -1.95. The minimum Gasteiger partial charge on any atom is -0.325 e. The third-order valence-corrected chi connectivity index (χ3v) is 4.72. The van der Waals surface area contributed by atoms with E-state index in [0.717, 1.165) is 43.1 Å². The number of nitrogens with one attached hydrogen (secondary N) is 2. The van der Waals surface area contributed by atoms with Gasteiger partial charge in [0.1, 0.15) is 0 Å². The van der Waals surface area contributed by atoms with Crippen LogP contribution in [-0.4, -0.2) is 41.4 Å². The summed E-state index contributed by atoms with van der Waals surface area (Å²) >= 11 is 1.52. The maximum absolute atomic E-state index is 12.3. The lowest BCUT2D eigenvalue weighted by Crippen LogP contribution is -2.35. The number of thioether (sulfide) groups is 1. The second-order valence-electron chi connectivity index (χ2n) is 5.76. The number of rotatable bonds is 6. The van der Waals surface area contributed by atoms with E-state index in [2.05, 4.69) is 17.2 Å². The van der Waals surface area contributed by atoms with Crippen molar-refractivity contribution in [2.75, 3.05) is 35.2 Å². The first-order chi connectivity index (χ1) is 11.7. The molecule has 1 heterocycles. The largest absolute Gasteiger partial charge is 0.325 e. The van der Waals surface area contributed by atoms with Gasteiger partial charge in [-0.3, -0.25) is 4.79 Å². The smallest absolute Gasteiger partial charge is 0.321 e. The SMILES string of the molecule is C=CCSCC(=O)Nc1ccc(NC(=O)N2CCCCCC2)cc1. The molecule has 6 heteroatoms. The van der Waals surface area contributed by atoms with E-state index in [4.69, 9.17) is 0 Å². The first-order valence-corrected chi connectivity index (χ1v) is 9.49. The minimum absolute atomic E-state index is 0.0387. The molecule has 0 saturated carbocycles. The van der Waals surface area contributed by atoms with Crippen LogP contribution in [0.15, 0.2) is 36.9 Å². The van der Waals surface area contributed by atoms with Gasteiger partial charge >= 0.3 is 6.03 Å². The van der Waals surface area contributed by atoms with Crippen LogP contribution in [0, 0.1) is 0 Å². The van der Waals surface area contributed by atoms with Crippen molar-refractivity contribution in [3.8, 4) is 0 Å². The number of nitrogens with zero attached hydrogens (tertiary/aromatic N) is 1. The molecular weight excluding hydrogens is 322 g/mol. The van der Waals surface area contributed by atoms with Crippen LogP contribution in [0.5, 0.6) is 0 Å². The van der Waals surface area contributed by atoms with E-state index in [1.54, 1.807) is 18.2 Å². The highest BCUT2D eigenvalue weighted by Gasteiger charge is 2.15. The topological polar surface area (TPSA) is 61.4 Å². The molecule has 1 fully saturated rings. The molecule has 1 aliphatic rings. The maximum atomic E-state index is 12.3. The Morgan fingerprint density at radius 2 is 1.62 bits per heavy atom. The number of urea groups is 1. The molecule has 0 aliphatic carbocycles. The summed E-state index contributed by atoms with van der Waals surface area (Å²) in [5.41, 5.74) is 1.47. The number of carbonyl (C=O) groups excluding carboxylic acids is 2. The molecule has 0 spiro atoms. The van der Waals surface area contributed by atoms with Gasteiger partial charge in [-0.05, 0) is 37.1 Å². The van der Waals surface area contributed by atoms with Crippen molar-refractivity contribution in [3.05, 3.63) is 36.9 Å². The number of hydrogen-bond acceptors (Lipinski definition) is 3. The molecule has 1 saturated heterocycles. The van der Waals surface area contributed by atoms with E-state index in [0.29, 0.717) is 5.75 Å². The predicted octanol–water partition coefficient (Wildman–Crippen LogP) is 3.95. The minimum atomic E-state index is -0.0467. The molecule has 0 radical (unpaired) electrons. The van der Waals surface area contributed by atoms with Crippen molar-refractivity contribution in [1.29, 1.82) is 0 Å². The van der Waals surface area contributed by atoms with Gasteiger partial charge in [-0.25, -0.2) is 4.79 Å². The third kappa shape index (κ3) is 6.28. The lowest BCUT2D eigenvalue weighted by molar-refractivity contribution is -0.113. The average Bonchev–Trinajstić information content (AvgIpc) is 2.86. The third-order valence-electron chi connectivity index (χ3n) is 3.78. The first kappa shape index (κ1) is 18.4. The van der Waals surface area contributed by atoms with E-state index in [-0.39, 0.29) is 11.9 Å². The van der Waals surface area contributed by atoms with Gasteiger partial charge in [-0.1, -0.05) is 18.9 Å². The van der Waals surface area contributed by atoms with Gasteiger partial charge in [0.2, 0.25) is 5.91 Å². The predicted molar refractivity (Wildman–Crippen MR) is 102 cm³/mol. The van der Waals surface area contributed by atoms with Crippen LogP contribution in [0.1, 0.15) is 25.7 Å². The second kappa shape index (κ2) is 10.0. The van der Waals surface area contributed by atoms with Crippen molar-refractivity contribution >= 4 is 35.1 Å². The van der Waals surface area contributed by atoms with Crippen LogP contribution in [0.25, 0.3) is 0 Å². The molecule has 0 atom stereocenters. The van der Waals surface area contributed by atoms with Gasteiger partial charge in [0.05, 0.1) is 5.75 Å². The monoisotopic (exact) mass is 347 g/mol. The number of likely N-dealkylation sites (tertiary alicyclic amines) is 1. The fourth-order valence-corrected chi connectivity index (χ4v) is 3.09. The van der Waals surface area contributed by atoms with Crippen molar-refractivity contribution in [3.63, 3.8) is 0 Å². The molecule has 0 bridgehead atoms. The summed E-state index contributed by atoms with van der Waals surface area (Å²) in [6.07, 6.45) is 6.32. The molecule has 24 heavy (non-hydrogen) atoms. The Labute approximate surface area is 147 Å². The molecule has 1 aliphatic heterocycles. The van der Waals surface area contributed by atoms with E-state index in [1.807, 2.05) is 17.0 Å². The first-order valence-electron chi connectivity index (χ1n) is 8.33. The van der Waals surface area contributed by atoms with Gasteiger partial charge in [0, 0.05) is 30.2 Å². The van der Waals surface area contributed by atoms with Gasteiger partial charge in [0.25, 0.3) is 0 Å². The van der Waals surface area contributed by atoms with Crippen LogP contribution < -0.4 is 10.6 Å². The number of anilines is 2. The van der Waals surface area contributed by atoms with E-state index in [1.165, 1.54) is 24.6 Å². The Morgan fingerprint density at radius 3 is 2.21 bits per heavy atom. The standard InChI is InChI=1S/C18H25N3O2S/c1-2-13-24-14-17(22)19-15-7-9-16(10-8-15)20-18(23)21-11-5-3-4-6-12-21/h2,7-10H,1,3-6,11-14H2,(H,19,22)(H,20,23). The van der Waals surface area contributed by atoms with Crippen LogP contribution in [-0.2, 0) is 4.79 Å². The summed E-state index contributed by atoms with van der Waals surface area (Å²) in [5.74, 6) is 1.12. The van der Waals surface area contributed by atoms with Crippen LogP contribution in [0.4, 0.5) is 16.2 Å². The zero-order chi connectivity index (χ0) is 17.2. The zero-order valence-corrected chi connectivity index (χ0v) is 14.7. The molecule has 3 amide bonds. The van der Waals surface area contributed by atoms with Crippen LogP contribution in [0.2, 0.25) is 0 Å². The van der Waals surface area contributed by atoms with Gasteiger partial charge in [0.15, 0.2) is 0 Å². The van der Waals surface area contributed by atoms with Crippen molar-refractivity contribution < 1.29 is 9.59 Å². The molecule has 0 aromatic heterocycles. The highest BCUT2D eigenvalue weighted by atomic mass is 32.2. The molecule has 2 N–H and O–H groups in total. The van der Waals surface area contributed by atoms with E-state index < -0.39 is 0 Å². The zero-order valence-electron chi connectivity index (χ0n) is 13.9. The van der Waals surface area contributed by atoms with Crippen molar-refractivity contribution in [1.82, 2.24) is 4.90 Å². The average molecular weight is 347 g/mol. The molecule has 1 aromatic carbocycles. The Kier molecular flexibility index (Phi) is 7.68. The molecule has 1 aromatic rings. The second-order valence-corrected chi connectivity index (χ2v) is 6.79. The lowest BCUT2D eigenvalue weighted by Gasteiger charge is -2.20. The van der Waals surface area contributed by atoms with Gasteiger partial charge in [-0.15, -0.1) is 18.3 Å². The molecule has 130 valence electrons. The number of carbonyl (C=O) groups is 2. The molecule has 0 unspecified atom stereocenters. The summed E-state index contributed by atoms with van der Waals surface area (Å²) in [7, 11) is 0. The fraction of sp³-hybridized carbons (Fsp3) is 0.444. The van der Waals surface area contributed by atoms with Crippen LogP contribution >= 0.6 is 11.8 Å². The Balaban J connectivity index is 1.81. The fourth-order valence-electron chi connectivity index (χ4n) is 2.55. The number of hydrogen-bond donors (Lipinski definition) is 2. The summed E-state index contributed by atoms with van der Waals surface area (Å²) in [5, 5.41) is 5.76. The highest BCUT2D eigenvalue weighted by Crippen LogP contribution is 2.16. The number of benzene rings is 1. The summed E-state index contributed by atoms with van der Waals surface area (Å²) in [6, 6.07) is 7.17. The molecule has 5 nitrogen and oxygen atoms in total. The van der Waals surface area contributed by atoms with Gasteiger partial charge < -0.3 is 15.5 Å². The maximum Gasteiger partial charge on any atom is 0.321 e. The molecular formula is C18H25N3O2S. The Morgan fingerprint density at radius 1 is 1.04 bits per heavy atom. The van der Waals surface area contributed by atoms with Crippen molar-refractivity contribution in [2.45, 2.75) is 25.7 Å². The normalized spacial score (nSPS) is 14.6. The summed E-state index contributed by atoms with van der Waals surface area (Å²) in [6.45, 7) is 5.27. The van der Waals surface area contributed by atoms with Crippen molar-refractivity contribution in [2.24, 2.45) is 0 Å². The molecule has 2 rings (SSSR count).